The minimum Gasteiger partial charge on any atom is -0.309 e. The van der Waals surface area contributed by atoms with Crippen LogP contribution in [0.5, 0.6) is 0 Å². The molecule has 0 saturated heterocycles. The van der Waals surface area contributed by atoms with E-state index in [0.717, 1.165) is 0 Å². The van der Waals surface area contributed by atoms with Crippen molar-refractivity contribution in [3.8, 4) is 0 Å². The molecule has 0 amide bonds. The topological polar surface area (TPSA) is 12.0 Å². The highest BCUT2D eigenvalue weighted by Gasteiger charge is 2.19. The van der Waals surface area contributed by atoms with E-state index in [4.69, 9.17) is 0 Å². The predicted octanol–water partition coefficient (Wildman–Crippen LogP) is 4.27. The third-order valence-corrected chi connectivity index (χ3v) is 4.83. The van der Waals surface area contributed by atoms with E-state index in [-0.39, 0.29) is 0 Å². The van der Waals surface area contributed by atoms with Crippen molar-refractivity contribution >= 4 is 27.3 Å². The van der Waals surface area contributed by atoms with Crippen LogP contribution in [0, 0.1) is 0 Å². The molecule has 82 valence electrons. The monoisotopic (exact) mass is 285 g/mol. The minimum absolute atomic E-state index is 0.416. The summed E-state index contributed by atoms with van der Waals surface area (Å²) in [4.78, 5) is 1.41. The Hall–Kier alpha value is -0.120. The van der Waals surface area contributed by atoms with E-state index in [0.29, 0.717) is 6.04 Å². The Balaban J connectivity index is 2.24. The molecule has 1 atom stereocenters. The summed E-state index contributed by atoms with van der Waals surface area (Å²) in [6.07, 6.45) is 7.60. The van der Waals surface area contributed by atoms with Crippen molar-refractivity contribution in [3.63, 3.8) is 0 Å². The van der Waals surface area contributed by atoms with Crippen LogP contribution in [0.3, 0.4) is 0 Å². The molecule has 2 rings (SSSR count). The van der Waals surface area contributed by atoms with Crippen molar-refractivity contribution in [1.82, 2.24) is 5.32 Å². The maximum atomic E-state index is 3.62. The predicted molar refractivity (Wildman–Crippen MR) is 70.4 cm³/mol. The SMILES string of the molecule is CNC(C1=CCCCC1)c1sccc1Br. The lowest BCUT2D eigenvalue weighted by Gasteiger charge is -2.22. The zero-order valence-electron chi connectivity index (χ0n) is 8.92. The van der Waals surface area contributed by atoms with Crippen LogP contribution in [0.2, 0.25) is 0 Å². The van der Waals surface area contributed by atoms with E-state index in [2.05, 4.69) is 38.8 Å². The first-order valence-corrected chi connectivity index (χ1v) is 7.09. The number of nitrogens with one attached hydrogen (secondary N) is 1. The lowest BCUT2D eigenvalue weighted by Crippen LogP contribution is -2.19. The van der Waals surface area contributed by atoms with Gasteiger partial charge in [-0.25, -0.2) is 0 Å². The molecule has 1 N–H and O–H groups in total. The van der Waals surface area contributed by atoms with Crippen LogP contribution in [0.15, 0.2) is 27.6 Å². The molecule has 1 unspecified atom stereocenters. The third kappa shape index (κ3) is 2.52. The number of allylic oxidation sites excluding steroid dienone is 1. The van der Waals surface area contributed by atoms with Crippen molar-refractivity contribution in [2.45, 2.75) is 31.7 Å². The second-order valence-corrected chi connectivity index (χ2v) is 5.68. The second kappa shape index (κ2) is 5.28. The first-order valence-electron chi connectivity index (χ1n) is 5.42. The standard InChI is InChI=1S/C12H16BrNS/c1-14-11(9-5-3-2-4-6-9)12-10(13)7-8-15-12/h5,7-8,11,14H,2-4,6H2,1H3. The van der Waals surface area contributed by atoms with E-state index < -0.39 is 0 Å². The fourth-order valence-corrected chi connectivity index (χ4v) is 3.87. The third-order valence-electron chi connectivity index (χ3n) is 2.89. The number of likely N-dealkylation sites (N-methyl/N-ethyl adjacent to an activating group) is 1. The van der Waals surface area contributed by atoms with Gasteiger partial charge in [0.05, 0.1) is 6.04 Å². The molecule has 15 heavy (non-hydrogen) atoms. The highest BCUT2D eigenvalue weighted by Crippen LogP contribution is 2.36. The molecule has 3 heteroatoms. The van der Waals surface area contributed by atoms with E-state index >= 15 is 0 Å². The molecule has 0 aromatic carbocycles. The van der Waals surface area contributed by atoms with Crippen molar-refractivity contribution in [2.75, 3.05) is 7.05 Å². The van der Waals surface area contributed by atoms with Crippen molar-refractivity contribution in [1.29, 1.82) is 0 Å². The van der Waals surface area contributed by atoms with Crippen molar-refractivity contribution in [2.24, 2.45) is 0 Å². The van der Waals surface area contributed by atoms with Crippen LogP contribution in [0.1, 0.15) is 36.6 Å². The summed E-state index contributed by atoms with van der Waals surface area (Å²) in [6.45, 7) is 0. The van der Waals surface area contributed by atoms with Crippen LogP contribution in [-0.2, 0) is 0 Å². The molecular weight excluding hydrogens is 270 g/mol. The Morgan fingerprint density at radius 3 is 2.87 bits per heavy atom. The summed E-state index contributed by atoms with van der Waals surface area (Å²) in [6, 6.07) is 2.55. The summed E-state index contributed by atoms with van der Waals surface area (Å²) in [7, 11) is 2.05. The van der Waals surface area contributed by atoms with Crippen molar-refractivity contribution < 1.29 is 0 Å². The van der Waals surface area contributed by atoms with Gasteiger partial charge in [-0.15, -0.1) is 11.3 Å². The van der Waals surface area contributed by atoms with Crippen LogP contribution in [0.4, 0.5) is 0 Å². The van der Waals surface area contributed by atoms with Crippen LogP contribution in [0.25, 0.3) is 0 Å². The lowest BCUT2D eigenvalue weighted by atomic mass is 9.93. The maximum absolute atomic E-state index is 3.62. The van der Waals surface area contributed by atoms with Gasteiger partial charge in [0.1, 0.15) is 0 Å². The average Bonchev–Trinajstić information content (AvgIpc) is 2.68. The minimum atomic E-state index is 0.416. The average molecular weight is 286 g/mol. The van der Waals surface area contributed by atoms with Crippen LogP contribution < -0.4 is 5.32 Å². The van der Waals surface area contributed by atoms with Crippen LogP contribution in [-0.4, -0.2) is 7.05 Å². The van der Waals surface area contributed by atoms with Gasteiger partial charge < -0.3 is 5.32 Å². The molecule has 0 bridgehead atoms. The highest BCUT2D eigenvalue weighted by atomic mass is 79.9. The molecule has 0 saturated carbocycles. The fourth-order valence-electron chi connectivity index (χ4n) is 2.12. The summed E-state index contributed by atoms with van der Waals surface area (Å²) in [5, 5.41) is 5.57. The second-order valence-electron chi connectivity index (χ2n) is 3.88. The number of hydrogen-bond donors (Lipinski definition) is 1. The normalized spacial score (nSPS) is 18.7. The zero-order valence-corrected chi connectivity index (χ0v) is 11.3. The van der Waals surface area contributed by atoms with Crippen LogP contribution >= 0.6 is 27.3 Å². The quantitative estimate of drug-likeness (QED) is 0.818. The van der Waals surface area contributed by atoms with E-state index in [1.807, 2.05) is 18.4 Å². The van der Waals surface area contributed by atoms with E-state index in [9.17, 15) is 0 Å². The van der Waals surface area contributed by atoms with Gasteiger partial charge in [0, 0.05) is 9.35 Å². The molecule has 0 spiro atoms. The number of halogens is 1. The molecule has 1 aliphatic carbocycles. The molecule has 1 aliphatic rings. The van der Waals surface area contributed by atoms with Gasteiger partial charge in [0.15, 0.2) is 0 Å². The zero-order chi connectivity index (χ0) is 10.7. The Morgan fingerprint density at radius 2 is 2.33 bits per heavy atom. The molecule has 1 nitrogen and oxygen atoms in total. The Morgan fingerprint density at radius 1 is 1.47 bits per heavy atom. The first kappa shape index (κ1) is 11.4. The van der Waals surface area contributed by atoms with E-state index in [1.54, 1.807) is 5.57 Å². The Bertz CT molecular complexity index is 356. The largest absolute Gasteiger partial charge is 0.309 e. The maximum Gasteiger partial charge on any atom is 0.0639 e. The molecule has 1 aromatic rings. The molecule has 0 radical (unpaired) electrons. The van der Waals surface area contributed by atoms with Gasteiger partial charge in [-0.2, -0.15) is 0 Å². The summed E-state index contributed by atoms with van der Waals surface area (Å²) < 4.78 is 1.23. The van der Waals surface area contributed by atoms with Gasteiger partial charge in [-0.3, -0.25) is 0 Å². The van der Waals surface area contributed by atoms with Gasteiger partial charge in [0.25, 0.3) is 0 Å². The molecule has 0 fully saturated rings. The fraction of sp³-hybridized carbons (Fsp3) is 0.500. The highest BCUT2D eigenvalue weighted by molar-refractivity contribution is 9.10. The number of hydrogen-bond acceptors (Lipinski definition) is 2. The Labute approximate surface area is 104 Å². The number of rotatable bonds is 3. The van der Waals surface area contributed by atoms with E-state index in [1.165, 1.54) is 35.0 Å². The lowest BCUT2D eigenvalue weighted by molar-refractivity contribution is 0.598. The van der Waals surface area contributed by atoms with Gasteiger partial charge in [0.2, 0.25) is 0 Å². The molecule has 1 aromatic heterocycles. The van der Waals surface area contributed by atoms with Gasteiger partial charge in [-0.1, -0.05) is 11.6 Å². The van der Waals surface area contributed by atoms with Crippen molar-refractivity contribution in [3.05, 3.63) is 32.4 Å². The summed E-state index contributed by atoms with van der Waals surface area (Å²) in [5.41, 5.74) is 1.56. The van der Waals surface area contributed by atoms with Gasteiger partial charge >= 0.3 is 0 Å². The van der Waals surface area contributed by atoms with Gasteiger partial charge in [-0.05, 0) is 60.1 Å². The molecule has 1 heterocycles. The first-order chi connectivity index (χ1) is 7.33. The summed E-state index contributed by atoms with van der Waals surface area (Å²) in [5.74, 6) is 0. The Kier molecular flexibility index (Phi) is 4.00. The molecule has 0 aliphatic heterocycles. The smallest absolute Gasteiger partial charge is 0.0639 e. The summed E-state index contributed by atoms with van der Waals surface area (Å²) >= 11 is 5.44. The molecular formula is C12H16BrNS. The number of thiophene rings is 1.